The standard InChI is InChI=1S/C19H22N2O3/c22-18(12-17-9-5-11-23-17)21-13-16-8-4-10-20-19(16)24-14-15-6-2-1-3-7-15/h1-4,6-8,10,17H,5,9,11-14H2,(H,21,22). The van der Waals surface area contributed by atoms with Crippen molar-refractivity contribution in [1.82, 2.24) is 10.3 Å². The van der Waals surface area contributed by atoms with Crippen molar-refractivity contribution < 1.29 is 14.3 Å². The van der Waals surface area contributed by atoms with Crippen molar-refractivity contribution in [3.8, 4) is 5.88 Å². The molecule has 5 heteroatoms. The normalized spacial score (nSPS) is 16.8. The van der Waals surface area contributed by atoms with Gasteiger partial charge in [0.05, 0.1) is 12.5 Å². The van der Waals surface area contributed by atoms with Gasteiger partial charge in [0.1, 0.15) is 6.61 Å². The van der Waals surface area contributed by atoms with Crippen molar-refractivity contribution in [3.05, 3.63) is 59.8 Å². The zero-order chi connectivity index (χ0) is 16.6. The minimum Gasteiger partial charge on any atom is -0.473 e. The quantitative estimate of drug-likeness (QED) is 0.850. The maximum absolute atomic E-state index is 12.0. The number of hydrogen-bond acceptors (Lipinski definition) is 4. The summed E-state index contributed by atoms with van der Waals surface area (Å²) in [6.45, 7) is 1.62. The Morgan fingerprint density at radius 3 is 2.92 bits per heavy atom. The molecule has 0 radical (unpaired) electrons. The highest BCUT2D eigenvalue weighted by Crippen LogP contribution is 2.17. The Balaban J connectivity index is 1.52. The average Bonchev–Trinajstić information content (AvgIpc) is 3.13. The first-order chi connectivity index (χ1) is 11.8. The van der Waals surface area contributed by atoms with Gasteiger partial charge in [-0.1, -0.05) is 36.4 Å². The first-order valence-corrected chi connectivity index (χ1v) is 8.30. The first kappa shape index (κ1) is 16.5. The Kier molecular flexibility index (Phi) is 5.80. The molecule has 5 nitrogen and oxygen atoms in total. The molecule has 1 aliphatic rings. The predicted octanol–water partition coefficient (Wildman–Crippen LogP) is 2.85. The lowest BCUT2D eigenvalue weighted by atomic mass is 10.1. The Morgan fingerprint density at radius 1 is 1.25 bits per heavy atom. The van der Waals surface area contributed by atoms with Crippen LogP contribution in [0.5, 0.6) is 5.88 Å². The fraction of sp³-hybridized carbons (Fsp3) is 0.368. The summed E-state index contributed by atoms with van der Waals surface area (Å²) in [5.41, 5.74) is 1.95. The molecule has 1 amide bonds. The third-order valence-electron chi connectivity index (χ3n) is 3.98. The molecule has 0 bridgehead atoms. The monoisotopic (exact) mass is 326 g/mol. The van der Waals surface area contributed by atoms with Crippen LogP contribution in [0.1, 0.15) is 30.4 Å². The first-order valence-electron chi connectivity index (χ1n) is 8.30. The van der Waals surface area contributed by atoms with Crippen molar-refractivity contribution in [2.75, 3.05) is 6.61 Å². The average molecular weight is 326 g/mol. The summed E-state index contributed by atoms with van der Waals surface area (Å²) >= 11 is 0. The van der Waals surface area contributed by atoms with E-state index in [1.807, 2.05) is 42.5 Å². The molecule has 24 heavy (non-hydrogen) atoms. The van der Waals surface area contributed by atoms with Gasteiger partial charge in [-0.3, -0.25) is 4.79 Å². The zero-order valence-electron chi connectivity index (χ0n) is 13.6. The van der Waals surface area contributed by atoms with E-state index in [9.17, 15) is 4.79 Å². The van der Waals surface area contributed by atoms with E-state index in [-0.39, 0.29) is 12.0 Å². The third-order valence-corrected chi connectivity index (χ3v) is 3.98. The second-order valence-electron chi connectivity index (χ2n) is 5.86. The van der Waals surface area contributed by atoms with E-state index in [1.165, 1.54) is 0 Å². The maximum atomic E-state index is 12.0. The number of aromatic nitrogens is 1. The molecule has 1 N–H and O–H groups in total. The van der Waals surface area contributed by atoms with Gasteiger partial charge < -0.3 is 14.8 Å². The van der Waals surface area contributed by atoms with Crippen LogP contribution < -0.4 is 10.1 Å². The topological polar surface area (TPSA) is 60.5 Å². The summed E-state index contributed by atoms with van der Waals surface area (Å²) in [5.74, 6) is 0.554. The minimum atomic E-state index is -0.000220. The van der Waals surface area contributed by atoms with Crippen LogP contribution in [0.25, 0.3) is 0 Å². The van der Waals surface area contributed by atoms with Crippen LogP contribution in [-0.4, -0.2) is 23.6 Å². The molecule has 2 aromatic rings. The molecule has 1 unspecified atom stereocenters. The highest BCUT2D eigenvalue weighted by atomic mass is 16.5. The van der Waals surface area contributed by atoms with Gasteiger partial charge in [0, 0.05) is 24.9 Å². The molecule has 1 fully saturated rings. The van der Waals surface area contributed by atoms with Crippen LogP contribution in [0.2, 0.25) is 0 Å². The van der Waals surface area contributed by atoms with E-state index in [0.717, 1.165) is 30.6 Å². The van der Waals surface area contributed by atoms with Gasteiger partial charge in [0.15, 0.2) is 0 Å². The molecule has 2 heterocycles. The van der Waals surface area contributed by atoms with Gasteiger partial charge in [0.2, 0.25) is 11.8 Å². The fourth-order valence-electron chi connectivity index (χ4n) is 2.69. The lowest BCUT2D eigenvalue weighted by Crippen LogP contribution is -2.27. The van der Waals surface area contributed by atoms with Crippen molar-refractivity contribution >= 4 is 5.91 Å². The zero-order valence-corrected chi connectivity index (χ0v) is 13.6. The summed E-state index contributed by atoms with van der Waals surface area (Å²) in [4.78, 5) is 16.3. The van der Waals surface area contributed by atoms with Crippen LogP contribution in [0, 0.1) is 0 Å². The number of carbonyl (C=O) groups is 1. The number of benzene rings is 1. The van der Waals surface area contributed by atoms with Gasteiger partial charge in [-0.15, -0.1) is 0 Å². The van der Waals surface area contributed by atoms with E-state index >= 15 is 0 Å². The SMILES string of the molecule is O=C(CC1CCCO1)NCc1cccnc1OCc1ccccc1. The number of pyridine rings is 1. The number of amides is 1. The van der Waals surface area contributed by atoms with Crippen molar-refractivity contribution in [2.24, 2.45) is 0 Å². The molecule has 126 valence electrons. The molecule has 0 aliphatic carbocycles. The van der Waals surface area contributed by atoms with Gasteiger partial charge in [0.25, 0.3) is 0 Å². The fourth-order valence-corrected chi connectivity index (χ4v) is 2.69. The Labute approximate surface area is 142 Å². The van der Waals surface area contributed by atoms with E-state index < -0.39 is 0 Å². The molecule has 3 rings (SSSR count). The molecule has 0 spiro atoms. The van der Waals surface area contributed by atoms with Gasteiger partial charge >= 0.3 is 0 Å². The highest BCUT2D eigenvalue weighted by Gasteiger charge is 2.19. The van der Waals surface area contributed by atoms with E-state index in [0.29, 0.717) is 25.5 Å². The molecular formula is C19H22N2O3. The van der Waals surface area contributed by atoms with Gasteiger partial charge in [-0.25, -0.2) is 4.98 Å². The molecule has 1 saturated heterocycles. The van der Waals surface area contributed by atoms with Crippen LogP contribution in [-0.2, 0) is 22.7 Å². The maximum Gasteiger partial charge on any atom is 0.222 e. The summed E-state index contributed by atoms with van der Waals surface area (Å²) in [5, 5.41) is 2.93. The van der Waals surface area contributed by atoms with E-state index in [4.69, 9.17) is 9.47 Å². The summed E-state index contributed by atoms with van der Waals surface area (Å²) < 4.78 is 11.3. The second kappa shape index (κ2) is 8.45. The van der Waals surface area contributed by atoms with Crippen LogP contribution >= 0.6 is 0 Å². The Bertz CT molecular complexity index is 655. The minimum absolute atomic E-state index is 0.000220. The summed E-state index contributed by atoms with van der Waals surface area (Å²) in [6.07, 6.45) is 4.18. The smallest absolute Gasteiger partial charge is 0.222 e. The molecule has 1 aliphatic heterocycles. The van der Waals surface area contributed by atoms with E-state index in [2.05, 4.69) is 10.3 Å². The van der Waals surface area contributed by atoms with Crippen LogP contribution in [0.15, 0.2) is 48.7 Å². The number of rotatable bonds is 7. The third kappa shape index (κ3) is 4.80. The van der Waals surface area contributed by atoms with E-state index in [1.54, 1.807) is 6.20 Å². The van der Waals surface area contributed by atoms with Crippen LogP contribution in [0.3, 0.4) is 0 Å². The molecule has 1 atom stereocenters. The molecule has 1 aromatic heterocycles. The largest absolute Gasteiger partial charge is 0.473 e. The van der Waals surface area contributed by atoms with Gasteiger partial charge in [-0.05, 0) is 24.5 Å². The molecular weight excluding hydrogens is 304 g/mol. The van der Waals surface area contributed by atoms with Crippen molar-refractivity contribution in [2.45, 2.75) is 38.5 Å². The lowest BCUT2D eigenvalue weighted by Gasteiger charge is -2.12. The molecule has 0 saturated carbocycles. The Morgan fingerprint density at radius 2 is 2.12 bits per heavy atom. The summed E-state index contributed by atoms with van der Waals surface area (Å²) in [6, 6.07) is 13.7. The van der Waals surface area contributed by atoms with Gasteiger partial charge in [-0.2, -0.15) is 0 Å². The van der Waals surface area contributed by atoms with Crippen LogP contribution in [0.4, 0.5) is 0 Å². The number of nitrogens with one attached hydrogen (secondary N) is 1. The number of carbonyl (C=O) groups excluding carboxylic acids is 1. The predicted molar refractivity (Wildman–Crippen MR) is 90.4 cm³/mol. The Hall–Kier alpha value is -2.40. The van der Waals surface area contributed by atoms with Crippen molar-refractivity contribution in [1.29, 1.82) is 0 Å². The number of nitrogens with zero attached hydrogens (tertiary/aromatic N) is 1. The second-order valence-corrected chi connectivity index (χ2v) is 5.86. The number of hydrogen-bond donors (Lipinski definition) is 1. The molecule has 1 aromatic carbocycles. The number of ether oxygens (including phenoxy) is 2. The summed E-state index contributed by atoms with van der Waals surface area (Å²) in [7, 11) is 0. The highest BCUT2D eigenvalue weighted by molar-refractivity contribution is 5.76. The van der Waals surface area contributed by atoms with Crippen molar-refractivity contribution in [3.63, 3.8) is 0 Å². The lowest BCUT2D eigenvalue weighted by molar-refractivity contribution is -0.123.